The lowest BCUT2D eigenvalue weighted by Crippen LogP contribution is -2.15. The monoisotopic (exact) mass is 390 g/mol. The van der Waals surface area contributed by atoms with Crippen molar-refractivity contribution in [3.63, 3.8) is 0 Å². The fourth-order valence-electron chi connectivity index (χ4n) is 2.21. The van der Waals surface area contributed by atoms with Crippen molar-refractivity contribution < 1.29 is 18.3 Å². The second-order valence-electron chi connectivity index (χ2n) is 5.35. The van der Waals surface area contributed by atoms with E-state index in [1.54, 1.807) is 18.2 Å². The number of ether oxygens (including phenoxy) is 1. The van der Waals surface area contributed by atoms with Gasteiger partial charge in [0.2, 0.25) is 0 Å². The molecule has 0 aliphatic rings. The van der Waals surface area contributed by atoms with Crippen LogP contribution in [0.1, 0.15) is 10.5 Å². The number of hydrogen-bond acceptors (Lipinski definition) is 5. The van der Waals surface area contributed by atoms with E-state index in [1.165, 1.54) is 25.3 Å². The molecule has 3 rings (SSSR count). The van der Waals surface area contributed by atoms with Crippen LogP contribution < -0.4 is 15.4 Å². The number of carbonyl (C=O) groups is 1. The smallest absolute Gasteiger partial charge is 0.276 e. The normalized spacial score (nSPS) is 10.4. The van der Waals surface area contributed by atoms with Crippen molar-refractivity contribution in [1.82, 2.24) is 10.2 Å². The molecule has 0 atom stereocenters. The van der Waals surface area contributed by atoms with E-state index in [9.17, 15) is 13.6 Å². The number of nitrogens with one attached hydrogen (secondary N) is 2. The zero-order valence-corrected chi connectivity index (χ0v) is 14.7. The summed E-state index contributed by atoms with van der Waals surface area (Å²) in [5, 5.41) is 13.3. The Morgan fingerprint density at radius 3 is 2.52 bits per heavy atom. The topological polar surface area (TPSA) is 76.1 Å². The molecule has 0 aliphatic heterocycles. The van der Waals surface area contributed by atoms with Gasteiger partial charge in [0, 0.05) is 11.1 Å². The maximum absolute atomic E-state index is 13.7. The van der Waals surface area contributed by atoms with Crippen LogP contribution >= 0.6 is 11.6 Å². The van der Waals surface area contributed by atoms with E-state index < -0.39 is 17.5 Å². The molecule has 2 N–H and O–H groups in total. The van der Waals surface area contributed by atoms with Crippen molar-refractivity contribution in [3.05, 3.63) is 70.9 Å². The summed E-state index contributed by atoms with van der Waals surface area (Å²) in [7, 11) is 1.47. The largest absolute Gasteiger partial charge is 0.495 e. The van der Waals surface area contributed by atoms with Crippen LogP contribution in [0, 0.1) is 11.6 Å². The Bertz CT molecular complexity index is 984. The second-order valence-corrected chi connectivity index (χ2v) is 5.79. The molecular formula is C18H13ClF2N4O2. The molecule has 0 fully saturated rings. The fraction of sp³-hybridized carbons (Fsp3) is 0.0556. The van der Waals surface area contributed by atoms with Crippen molar-refractivity contribution in [2.45, 2.75) is 0 Å². The Labute approximate surface area is 158 Å². The molecule has 0 aliphatic carbocycles. The Balaban J connectivity index is 1.73. The summed E-state index contributed by atoms with van der Waals surface area (Å²) in [6.45, 7) is 0. The summed E-state index contributed by atoms with van der Waals surface area (Å²) >= 11 is 5.93. The van der Waals surface area contributed by atoms with E-state index in [0.717, 1.165) is 12.1 Å². The minimum Gasteiger partial charge on any atom is -0.495 e. The van der Waals surface area contributed by atoms with Crippen molar-refractivity contribution in [3.8, 4) is 5.75 Å². The quantitative estimate of drug-likeness (QED) is 0.674. The van der Waals surface area contributed by atoms with Crippen LogP contribution in [0.2, 0.25) is 5.02 Å². The maximum Gasteiger partial charge on any atom is 0.276 e. The van der Waals surface area contributed by atoms with E-state index in [2.05, 4.69) is 20.8 Å². The van der Waals surface area contributed by atoms with Gasteiger partial charge >= 0.3 is 0 Å². The van der Waals surface area contributed by atoms with Gasteiger partial charge in [-0.15, -0.1) is 10.2 Å². The SMILES string of the molecule is COc1ccc(Cl)cc1NC(=O)c1ccc(Nc2ccc(F)cc2F)nn1. The predicted octanol–water partition coefficient (Wildman–Crippen LogP) is 4.41. The standard InChI is InChI=1S/C18H13ClF2N4O2/c1-27-16-6-2-10(19)8-15(16)23-18(26)14-5-7-17(25-24-14)22-13-4-3-11(20)9-12(13)21/h2-9H,1H3,(H,22,25)(H,23,26). The lowest BCUT2D eigenvalue weighted by Gasteiger charge is -2.10. The predicted molar refractivity (Wildman–Crippen MR) is 97.6 cm³/mol. The summed E-state index contributed by atoms with van der Waals surface area (Å²) in [6.07, 6.45) is 0. The highest BCUT2D eigenvalue weighted by Gasteiger charge is 2.13. The third kappa shape index (κ3) is 4.48. The Morgan fingerprint density at radius 1 is 1.04 bits per heavy atom. The van der Waals surface area contributed by atoms with E-state index in [-0.39, 0.29) is 17.2 Å². The van der Waals surface area contributed by atoms with Gasteiger partial charge in [0.1, 0.15) is 17.4 Å². The number of methoxy groups -OCH3 is 1. The van der Waals surface area contributed by atoms with Crippen molar-refractivity contribution in [2.75, 3.05) is 17.7 Å². The number of hydrogen-bond donors (Lipinski definition) is 2. The molecule has 6 nitrogen and oxygen atoms in total. The highest BCUT2D eigenvalue weighted by atomic mass is 35.5. The van der Waals surface area contributed by atoms with Gasteiger partial charge in [0.05, 0.1) is 18.5 Å². The zero-order valence-electron chi connectivity index (χ0n) is 14.0. The van der Waals surface area contributed by atoms with Gasteiger partial charge in [-0.05, 0) is 42.5 Å². The molecule has 27 heavy (non-hydrogen) atoms. The van der Waals surface area contributed by atoms with Crippen LogP contribution in [-0.4, -0.2) is 23.2 Å². The highest BCUT2D eigenvalue weighted by molar-refractivity contribution is 6.31. The first-order chi connectivity index (χ1) is 13.0. The number of anilines is 3. The number of carbonyl (C=O) groups excluding carboxylic acids is 1. The van der Waals surface area contributed by atoms with Crippen LogP contribution in [0.4, 0.5) is 26.0 Å². The lowest BCUT2D eigenvalue weighted by molar-refractivity contribution is 0.102. The van der Waals surface area contributed by atoms with Gasteiger partial charge in [-0.1, -0.05) is 11.6 Å². The molecule has 0 spiro atoms. The average molecular weight is 391 g/mol. The first-order valence-corrected chi connectivity index (χ1v) is 8.05. The van der Waals surface area contributed by atoms with E-state index in [4.69, 9.17) is 16.3 Å². The van der Waals surface area contributed by atoms with E-state index in [1.807, 2.05) is 0 Å². The molecule has 1 aromatic heterocycles. The third-order valence-electron chi connectivity index (χ3n) is 3.50. The first-order valence-electron chi connectivity index (χ1n) is 7.67. The molecule has 3 aromatic rings. The Hall–Kier alpha value is -3.26. The second kappa shape index (κ2) is 7.96. The molecule has 1 heterocycles. The number of aromatic nitrogens is 2. The first kappa shape index (κ1) is 18.5. The summed E-state index contributed by atoms with van der Waals surface area (Å²) < 4.78 is 31.7. The average Bonchev–Trinajstić information content (AvgIpc) is 2.65. The molecule has 0 saturated heterocycles. The van der Waals surface area contributed by atoms with Crippen LogP contribution in [0.25, 0.3) is 0 Å². The Kier molecular flexibility index (Phi) is 5.46. The number of benzene rings is 2. The molecule has 138 valence electrons. The van der Waals surface area contributed by atoms with Crippen LogP contribution in [0.5, 0.6) is 5.75 Å². The highest BCUT2D eigenvalue weighted by Crippen LogP contribution is 2.28. The van der Waals surface area contributed by atoms with Crippen molar-refractivity contribution in [1.29, 1.82) is 0 Å². The molecule has 9 heteroatoms. The summed E-state index contributed by atoms with van der Waals surface area (Å²) in [4.78, 5) is 12.3. The zero-order chi connectivity index (χ0) is 19.4. The molecular weight excluding hydrogens is 378 g/mol. The molecule has 2 aromatic carbocycles. The van der Waals surface area contributed by atoms with Crippen molar-refractivity contribution in [2.24, 2.45) is 0 Å². The lowest BCUT2D eigenvalue weighted by atomic mass is 10.2. The van der Waals surface area contributed by atoms with Crippen LogP contribution in [-0.2, 0) is 0 Å². The molecule has 0 unspecified atom stereocenters. The number of nitrogens with zero attached hydrogens (tertiary/aromatic N) is 2. The van der Waals surface area contributed by atoms with Gasteiger partial charge in [0.15, 0.2) is 11.5 Å². The van der Waals surface area contributed by atoms with Gasteiger partial charge < -0.3 is 15.4 Å². The number of halogens is 3. The van der Waals surface area contributed by atoms with E-state index in [0.29, 0.717) is 16.5 Å². The molecule has 1 amide bonds. The minimum atomic E-state index is -0.772. The number of amides is 1. The van der Waals surface area contributed by atoms with Gasteiger partial charge in [-0.25, -0.2) is 8.78 Å². The summed E-state index contributed by atoms with van der Waals surface area (Å²) in [5.41, 5.74) is 0.445. The van der Waals surface area contributed by atoms with Crippen LogP contribution in [0.3, 0.4) is 0 Å². The molecule has 0 radical (unpaired) electrons. The van der Waals surface area contributed by atoms with Gasteiger partial charge in [-0.3, -0.25) is 4.79 Å². The summed E-state index contributed by atoms with van der Waals surface area (Å²) in [5.74, 6) is -1.36. The summed E-state index contributed by atoms with van der Waals surface area (Å²) in [6, 6.07) is 10.7. The van der Waals surface area contributed by atoms with Gasteiger partial charge in [0.25, 0.3) is 5.91 Å². The minimum absolute atomic E-state index is 0.0298. The maximum atomic E-state index is 13.7. The van der Waals surface area contributed by atoms with Crippen molar-refractivity contribution >= 4 is 34.7 Å². The fourth-order valence-corrected chi connectivity index (χ4v) is 2.39. The van der Waals surface area contributed by atoms with E-state index >= 15 is 0 Å². The molecule has 0 saturated carbocycles. The number of rotatable bonds is 5. The molecule has 0 bridgehead atoms. The van der Waals surface area contributed by atoms with Crippen LogP contribution in [0.15, 0.2) is 48.5 Å². The van der Waals surface area contributed by atoms with Gasteiger partial charge in [-0.2, -0.15) is 0 Å². The Morgan fingerprint density at radius 2 is 1.85 bits per heavy atom. The third-order valence-corrected chi connectivity index (χ3v) is 3.74.